The normalized spacial score (nSPS) is 14.2. The Morgan fingerprint density at radius 2 is 1.73 bits per heavy atom. The number of rotatable bonds is 7. The Labute approximate surface area is 93.2 Å². The van der Waals surface area contributed by atoms with Crippen LogP contribution in [0.3, 0.4) is 0 Å². The fourth-order valence-corrected chi connectivity index (χ4v) is 2.08. The zero-order chi connectivity index (χ0) is 12.1. The van der Waals surface area contributed by atoms with Crippen LogP contribution in [0.15, 0.2) is 0 Å². The SMILES string of the molecule is CCS(=O)(=O)CCCC(=O)C(C)C(C)C. The lowest BCUT2D eigenvalue weighted by atomic mass is 9.91. The van der Waals surface area contributed by atoms with Crippen LogP contribution < -0.4 is 0 Å². The van der Waals surface area contributed by atoms with Gasteiger partial charge in [-0.3, -0.25) is 4.79 Å². The molecule has 90 valence electrons. The van der Waals surface area contributed by atoms with Crippen molar-refractivity contribution < 1.29 is 13.2 Å². The van der Waals surface area contributed by atoms with Gasteiger partial charge in [-0.05, 0) is 12.3 Å². The fraction of sp³-hybridized carbons (Fsp3) is 0.909. The van der Waals surface area contributed by atoms with Crippen molar-refractivity contribution in [2.45, 2.75) is 40.5 Å². The Balaban J connectivity index is 3.93. The number of ketones is 1. The number of carbonyl (C=O) groups excluding carboxylic acids is 1. The summed E-state index contributed by atoms with van der Waals surface area (Å²) in [7, 11) is -2.91. The monoisotopic (exact) mass is 234 g/mol. The molecule has 3 nitrogen and oxygen atoms in total. The number of sulfone groups is 1. The Bertz CT molecular complexity index is 291. The second kappa shape index (κ2) is 6.26. The first-order chi connectivity index (χ1) is 6.80. The van der Waals surface area contributed by atoms with Crippen molar-refractivity contribution in [3.05, 3.63) is 0 Å². The van der Waals surface area contributed by atoms with Gasteiger partial charge in [0.25, 0.3) is 0 Å². The van der Waals surface area contributed by atoms with Gasteiger partial charge in [-0.2, -0.15) is 0 Å². The van der Waals surface area contributed by atoms with E-state index in [2.05, 4.69) is 0 Å². The highest BCUT2D eigenvalue weighted by atomic mass is 32.2. The quantitative estimate of drug-likeness (QED) is 0.677. The molecule has 0 saturated carbocycles. The molecule has 0 rings (SSSR count). The van der Waals surface area contributed by atoms with Gasteiger partial charge >= 0.3 is 0 Å². The molecule has 0 aromatic carbocycles. The molecule has 4 heteroatoms. The minimum atomic E-state index is -2.91. The third kappa shape index (κ3) is 5.92. The number of Topliss-reactive ketones (excluding diaryl/α,β-unsaturated/α-hetero) is 1. The smallest absolute Gasteiger partial charge is 0.150 e. The maximum atomic E-state index is 11.6. The van der Waals surface area contributed by atoms with Crippen LogP contribution in [0.25, 0.3) is 0 Å². The molecule has 0 fully saturated rings. The summed E-state index contributed by atoms with van der Waals surface area (Å²) in [5.41, 5.74) is 0. The molecule has 0 amide bonds. The van der Waals surface area contributed by atoms with Crippen LogP contribution in [0, 0.1) is 11.8 Å². The lowest BCUT2D eigenvalue weighted by molar-refractivity contribution is -0.123. The number of hydrogen-bond donors (Lipinski definition) is 0. The zero-order valence-corrected chi connectivity index (χ0v) is 10.9. The van der Waals surface area contributed by atoms with E-state index in [-0.39, 0.29) is 23.2 Å². The molecule has 0 aliphatic rings. The first-order valence-corrected chi connectivity index (χ1v) is 7.35. The maximum absolute atomic E-state index is 11.6. The van der Waals surface area contributed by atoms with Crippen LogP contribution in [-0.2, 0) is 14.6 Å². The molecule has 0 N–H and O–H groups in total. The van der Waals surface area contributed by atoms with Crippen LogP contribution in [-0.4, -0.2) is 25.7 Å². The van der Waals surface area contributed by atoms with E-state index in [1.54, 1.807) is 6.92 Å². The fourth-order valence-electron chi connectivity index (χ4n) is 1.21. The average molecular weight is 234 g/mol. The van der Waals surface area contributed by atoms with E-state index in [0.717, 1.165) is 0 Å². The summed E-state index contributed by atoms with van der Waals surface area (Å²) in [5.74, 6) is 0.854. The zero-order valence-electron chi connectivity index (χ0n) is 10.1. The van der Waals surface area contributed by atoms with Gasteiger partial charge in [0.05, 0.1) is 5.75 Å². The third-order valence-electron chi connectivity index (χ3n) is 2.83. The van der Waals surface area contributed by atoms with Crippen molar-refractivity contribution in [3.8, 4) is 0 Å². The van der Waals surface area contributed by atoms with Crippen molar-refractivity contribution in [2.75, 3.05) is 11.5 Å². The van der Waals surface area contributed by atoms with Crippen LogP contribution >= 0.6 is 0 Å². The molecule has 0 bridgehead atoms. The van der Waals surface area contributed by atoms with Gasteiger partial charge in [-0.1, -0.05) is 27.7 Å². The second-order valence-corrected chi connectivity index (χ2v) is 6.81. The van der Waals surface area contributed by atoms with Crippen molar-refractivity contribution in [1.29, 1.82) is 0 Å². The van der Waals surface area contributed by atoms with Gasteiger partial charge in [-0.15, -0.1) is 0 Å². The number of carbonyl (C=O) groups is 1. The van der Waals surface area contributed by atoms with E-state index < -0.39 is 9.84 Å². The standard InChI is InChI=1S/C11H22O3S/c1-5-15(13,14)8-6-7-11(12)10(4)9(2)3/h9-10H,5-8H2,1-4H3. The first kappa shape index (κ1) is 14.6. The Kier molecular flexibility index (Phi) is 6.10. The molecule has 0 aliphatic heterocycles. The van der Waals surface area contributed by atoms with Gasteiger partial charge in [-0.25, -0.2) is 8.42 Å². The molecule has 0 aromatic heterocycles. The van der Waals surface area contributed by atoms with Gasteiger partial charge in [0.15, 0.2) is 0 Å². The molecule has 15 heavy (non-hydrogen) atoms. The Morgan fingerprint density at radius 3 is 2.13 bits per heavy atom. The highest BCUT2D eigenvalue weighted by Gasteiger charge is 2.17. The van der Waals surface area contributed by atoms with E-state index in [4.69, 9.17) is 0 Å². The van der Waals surface area contributed by atoms with Crippen molar-refractivity contribution in [1.82, 2.24) is 0 Å². The molecule has 0 saturated heterocycles. The predicted octanol–water partition coefficient (Wildman–Crippen LogP) is 2.06. The lowest BCUT2D eigenvalue weighted by Gasteiger charge is -2.13. The van der Waals surface area contributed by atoms with Crippen molar-refractivity contribution in [3.63, 3.8) is 0 Å². The molecule has 0 spiro atoms. The summed E-state index contributed by atoms with van der Waals surface area (Å²) in [6, 6.07) is 0. The van der Waals surface area contributed by atoms with Gasteiger partial charge in [0.2, 0.25) is 0 Å². The molecular weight excluding hydrogens is 212 g/mol. The summed E-state index contributed by atoms with van der Waals surface area (Å²) >= 11 is 0. The van der Waals surface area contributed by atoms with Crippen molar-refractivity contribution >= 4 is 15.6 Å². The van der Waals surface area contributed by atoms with Gasteiger partial charge in [0, 0.05) is 18.1 Å². The molecule has 0 aromatic rings. The summed E-state index contributed by atoms with van der Waals surface area (Å²) in [4.78, 5) is 11.6. The molecule has 1 unspecified atom stereocenters. The topological polar surface area (TPSA) is 51.2 Å². The van der Waals surface area contributed by atoms with Crippen LogP contribution in [0.2, 0.25) is 0 Å². The van der Waals surface area contributed by atoms with Crippen LogP contribution in [0.4, 0.5) is 0 Å². The maximum Gasteiger partial charge on any atom is 0.150 e. The number of hydrogen-bond acceptors (Lipinski definition) is 3. The largest absolute Gasteiger partial charge is 0.299 e. The third-order valence-corrected chi connectivity index (χ3v) is 4.62. The van der Waals surface area contributed by atoms with Gasteiger partial charge < -0.3 is 0 Å². The van der Waals surface area contributed by atoms with Crippen LogP contribution in [0.1, 0.15) is 40.5 Å². The van der Waals surface area contributed by atoms with Gasteiger partial charge in [0.1, 0.15) is 15.6 Å². The predicted molar refractivity (Wildman–Crippen MR) is 62.6 cm³/mol. The highest BCUT2D eigenvalue weighted by molar-refractivity contribution is 7.91. The highest BCUT2D eigenvalue weighted by Crippen LogP contribution is 2.14. The Morgan fingerprint density at radius 1 is 1.20 bits per heavy atom. The van der Waals surface area contributed by atoms with E-state index >= 15 is 0 Å². The molecule has 0 radical (unpaired) electrons. The average Bonchev–Trinajstić information content (AvgIpc) is 2.16. The molecule has 1 atom stereocenters. The summed E-state index contributed by atoms with van der Waals surface area (Å²) in [6.07, 6.45) is 0.852. The van der Waals surface area contributed by atoms with E-state index in [9.17, 15) is 13.2 Å². The molecular formula is C11H22O3S. The molecule has 0 heterocycles. The van der Waals surface area contributed by atoms with Crippen LogP contribution in [0.5, 0.6) is 0 Å². The Hall–Kier alpha value is -0.380. The lowest BCUT2D eigenvalue weighted by Crippen LogP contribution is -2.18. The van der Waals surface area contributed by atoms with E-state index in [0.29, 0.717) is 18.8 Å². The first-order valence-electron chi connectivity index (χ1n) is 5.53. The second-order valence-electron chi connectivity index (χ2n) is 4.34. The minimum absolute atomic E-state index is 0.0364. The summed E-state index contributed by atoms with van der Waals surface area (Å²) < 4.78 is 22.3. The summed E-state index contributed by atoms with van der Waals surface area (Å²) in [6.45, 7) is 7.55. The molecule has 0 aliphatic carbocycles. The van der Waals surface area contributed by atoms with E-state index in [1.807, 2.05) is 20.8 Å². The van der Waals surface area contributed by atoms with E-state index in [1.165, 1.54) is 0 Å². The summed E-state index contributed by atoms with van der Waals surface area (Å²) in [5, 5.41) is 0. The minimum Gasteiger partial charge on any atom is -0.299 e. The van der Waals surface area contributed by atoms with Crippen molar-refractivity contribution in [2.24, 2.45) is 11.8 Å².